The van der Waals surface area contributed by atoms with E-state index in [9.17, 15) is 4.79 Å². The van der Waals surface area contributed by atoms with Crippen molar-refractivity contribution in [1.82, 2.24) is 4.57 Å². The second-order valence-corrected chi connectivity index (χ2v) is 4.60. The molecule has 106 valence electrons. The van der Waals surface area contributed by atoms with Gasteiger partial charge in [-0.3, -0.25) is 0 Å². The van der Waals surface area contributed by atoms with E-state index in [0.29, 0.717) is 12.3 Å². The molecule has 0 fully saturated rings. The van der Waals surface area contributed by atoms with Gasteiger partial charge >= 0.3 is 5.97 Å². The molecule has 0 aliphatic carbocycles. The summed E-state index contributed by atoms with van der Waals surface area (Å²) in [5.41, 5.74) is 2.15. The fraction of sp³-hybridized carbons (Fsp3) is 0.0625. The van der Waals surface area contributed by atoms with Crippen molar-refractivity contribution < 1.29 is 14.3 Å². The third-order valence-corrected chi connectivity index (χ3v) is 3.12. The highest BCUT2D eigenvalue weighted by Gasteiger charge is 2.07. The highest BCUT2D eigenvalue weighted by atomic mass is 16.4. The Morgan fingerprint density at radius 3 is 2.71 bits per heavy atom. The lowest BCUT2D eigenvalue weighted by atomic mass is 10.2. The van der Waals surface area contributed by atoms with Gasteiger partial charge in [-0.15, -0.1) is 0 Å². The Balaban J connectivity index is 1.70. The number of hydrogen-bond acceptors (Lipinski definition) is 3. The van der Waals surface area contributed by atoms with Crippen LogP contribution in [0, 0.1) is 0 Å². The highest BCUT2D eigenvalue weighted by Crippen LogP contribution is 2.16. The molecule has 0 saturated carbocycles. The standard InChI is InChI=1S/C16H14N2O3/c19-16(20)12-8-15(21-11-12)10-17-13-4-3-5-14(9-13)18-6-1-2-7-18/h1-9,11,17H,10H2,(H,19,20). The molecule has 3 rings (SSSR count). The predicted molar refractivity (Wildman–Crippen MR) is 78.8 cm³/mol. The minimum Gasteiger partial charge on any atom is -0.478 e. The Kier molecular flexibility index (Phi) is 3.47. The van der Waals surface area contributed by atoms with E-state index in [1.807, 2.05) is 53.4 Å². The maximum Gasteiger partial charge on any atom is 0.338 e. The fourth-order valence-electron chi connectivity index (χ4n) is 2.06. The van der Waals surface area contributed by atoms with E-state index in [2.05, 4.69) is 5.32 Å². The summed E-state index contributed by atoms with van der Waals surface area (Å²) in [6.07, 6.45) is 5.20. The monoisotopic (exact) mass is 282 g/mol. The van der Waals surface area contributed by atoms with Crippen molar-refractivity contribution in [3.8, 4) is 5.69 Å². The number of furan rings is 1. The minimum atomic E-state index is -0.986. The number of aromatic nitrogens is 1. The Hall–Kier alpha value is -2.95. The second-order valence-electron chi connectivity index (χ2n) is 4.60. The Morgan fingerprint density at radius 1 is 1.19 bits per heavy atom. The van der Waals surface area contributed by atoms with E-state index < -0.39 is 5.97 Å². The quantitative estimate of drug-likeness (QED) is 0.752. The Labute approximate surface area is 121 Å². The summed E-state index contributed by atoms with van der Waals surface area (Å²) in [6, 6.07) is 13.4. The molecule has 2 aromatic heterocycles. The van der Waals surface area contributed by atoms with Crippen molar-refractivity contribution in [3.63, 3.8) is 0 Å². The summed E-state index contributed by atoms with van der Waals surface area (Å²) in [5, 5.41) is 12.1. The molecule has 0 bridgehead atoms. The molecular formula is C16H14N2O3. The van der Waals surface area contributed by atoms with Crippen LogP contribution in [0.3, 0.4) is 0 Å². The normalized spacial score (nSPS) is 10.5. The van der Waals surface area contributed by atoms with Crippen molar-refractivity contribution in [2.45, 2.75) is 6.54 Å². The van der Waals surface area contributed by atoms with Crippen molar-refractivity contribution in [1.29, 1.82) is 0 Å². The molecule has 0 atom stereocenters. The minimum absolute atomic E-state index is 0.160. The molecule has 0 radical (unpaired) electrons. The number of rotatable bonds is 5. The molecule has 0 amide bonds. The molecule has 1 aromatic carbocycles. The van der Waals surface area contributed by atoms with Gasteiger partial charge < -0.3 is 19.4 Å². The van der Waals surface area contributed by atoms with Crippen LogP contribution in [-0.4, -0.2) is 15.6 Å². The smallest absolute Gasteiger partial charge is 0.338 e. The highest BCUT2D eigenvalue weighted by molar-refractivity contribution is 5.87. The SMILES string of the molecule is O=C(O)c1coc(CNc2cccc(-n3cccc3)c2)c1. The van der Waals surface area contributed by atoms with E-state index in [-0.39, 0.29) is 5.56 Å². The van der Waals surface area contributed by atoms with Gasteiger partial charge in [0.2, 0.25) is 0 Å². The van der Waals surface area contributed by atoms with Gasteiger partial charge in [0.15, 0.2) is 0 Å². The van der Waals surface area contributed by atoms with Crippen LogP contribution in [0.1, 0.15) is 16.1 Å². The van der Waals surface area contributed by atoms with E-state index in [1.54, 1.807) is 0 Å². The lowest BCUT2D eigenvalue weighted by molar-refractivity contribution is 0.0696. The average Bonchev–Trinajstić information content (AvgIpc) is 3.17. The van der Waals surface area contributed by atoms with Crippen LogP contribution in [0.15, 0.2) is 65.5 Å². The molecule has 0 aliphatic heterocycles. The number of carbonyl (C=O) groups is 1. The first-order valence-corrected chi connectivity index (χ1v) is 6.50. The number of aromatic carboxylic acids is 1. The molecule has 5 heteroatoms. The van der Waals surface area contributed by atoms with E-state index in [1.165, 1.54) is 12.3 Å². The lowest BCUT2D eigenvalue weighted by Crippen LogP contribution is -1.99. The molecule has 5 nitrogen and oxygen atoms in total. The zero-order valence-electron chi connectivity index (χ0n) is 11.2. The number of hydrogen-bond donors (Lipinski definition) is 2. The molecule has 0 unspecified atom stereocenters. The van der Waals surface area contributed by atoms with E-state index in [0.717, 1.165) is 11.4 Å². The first-order valence-electron chi connectivity index (χ1n) is 6.50. The van der Waals surface area contributed by atoms with Crippen molar-refractivity contribution in [2.24, 2.45) is 0 Å². The molecule has 0 aliphatic rings. The van der Waals surface area contributed by atoms with Crippen LogP contribution in [0.2, 0.25) is 0 Å². The van der Waals surface area contributed by atoms with Crippen LogP contribution < -0.4 is 5.32 Å². The molecule has 2 N–H and O–H groups in total. The van der Waals surface area contributed by atoms with Crippen LogP contribution in [0.25, 0.3) is 5.69 Å². The summed E-state index contributed by atoms with van der Waals surface area (Å²) in [4.78, 5) is 10.8. The number of carboxylic acid groups (broad SMARTS) is 1. The van der Waals surface area contributed by atoms with Crippen LogP contribution in [0.5, 0.6) is 0 Å². The lowest BCUT2D eigenvalue weighted by Gasteiger charge is -2.08. The summed E-state index contributed by atoms with van der Waals surface area (Å²) in [5.74, 6) is -0.404. The second kappa shape index (κ2) is 5.58. The van der Waals surface area contributed by atoms with Gasteiger partial charge in [-0.1, -0.05) is 6.07 Å². The third kappa shape index (κ3) is 2.97. The zero-order valence-corrected chi connectivity index (χ0v) is 11.2. The fourth-order valence-corrected chi connectivity index (χ4v) is 2.06. The number of nitrogens with one attached hydrogen (secondary N) is 1. The number of nitrogens with zero attached hydrogens (tertiary/aromatic N) is 1. The van der Waals surface area contributed by atoms with Crippen LogP contribution >= 0.6 is 0 Å². The van der Waals surface area contributed by atoms with Gasteiger partial charge in [-0.25, -0.2) is 4.79 Å². The van der Waals surface area contributed by atoms with E-state index >= 15 is 0 Å². The van der Waals surface area contributed by atoms with Crippen molar-refractivity contribution >= 4 is 11.7 Å². The van der Waals surface area contributed by atoms with Crippen LogP contribution in [-0.2, 0) is 6.54 Å². The summed E-state index contributed by atoms with van der Waals surface area (Å²) < 4.78 is 7.22. The molecule has 0 saturated heterocycles. The Bertz CT molecular complexity index is 744. The maximum absolute atomic E-state index is 10.8. The first-order chi connectivity index (χ1) is 10.2. The van der Waals surface area contributed by atoms with Gasteiger partial charge in [0.1, 0.15) is 12.0 Å². The summed E-state index contributed by atoms with van der Waals surface area (Å²) in [6.45, 7) is 0.433. The molecule has 2 heterocycles. The predicted octanol–water partition coefficient (Wildman–Crippen LogP) is 3.38. The first kappa shape index (κ1) is 13.1. The molecular weight excluding hydrogens is 268 g/mol. The number of carboxylic acids is 1. The Morgan fingerprint density at radius 2 is 2.00 bits per heavy atom. The van der Waals surface area contributed by atoms with Crippen molar-refractivity contribution in [3.05, 3.63) is 72.4 Å². The van der Waals surface area contributed by atoms with Gasteiger partial charge in [-0.2, -0.15) is 0 Å². The van der Waals surface area contributed by atoms with Crippen molar-refractivity contribution in [2.75, 3.05) is 5.32 Å². The summed E-state index contributed by atoms with van der Waals surface area (Å²) >= 11 is 0. The number of anilines is 1. The molecule has 21 heavy (non-hydrogen) atoms. The third-order valence-electron chi connectivity index (χ3n) is 3.12. The zero-order chi connectivity index (χ0) is 14.7. The van der Waals surface area contributed by atoms with Crippen LogP contribution in [0.4, 0.5) is 5.69 Å². The summed E-state index contributed by atoms with van der Waals surface area (Å²) in [7, 11) is 0. The van der Waals surface area contributed by atoms with Gasteiger partial charge in [-0.05, 0) is 36.4 Å². The maximum atomic E-state index is 10.8. The molecule has 0 spiro atoms. The van der Waals surface area contributed by atoms with Gasteiger partial charge in [0.05, 0.1) is 12.1 Å². The van der Waals surface area contributed by atoms with Gasteiger partial charge in [0, 0.05) is 23.8 Å². The van der Waals surface area contributed by atoms with Gasteiger partial charge in [0.25, 0.3) is 0 Å². The average molecular weight is 282 g/mol. The van der Waals surface area contributed by atoms with E-state index in [4.69, 9.17) is 9.52 Å². The number of benzene rings is 1. The topological polar surface area (TPSA) is 67.4 Å². The molecule has 3 aromatic rings. The largest absolute Gasteiger partial charge is 0.478 e.